The SMILES string of the molecule is N[C@@H](CC(=O)O)C(=O)O.N[C@@H](CCC(=O)O)C(=O)O.OC[C@@H](O)[C@@H](O)[C@H](O)[C@@H](O)CO. The molecule has 0 fully saturated rings. The molecule has 0 aromatic carbocycles. The Morgan fingerprint density at radius 1 is 0.645 bits per heavy atom. The van der Waals surface area contributed by atoms with Gasteiger partial charge in [-0.3, -0.25) is 19.2 Å². The number of rotatable bonds is 12. The van der Waals surface area contributed by atoms with Crippen molar-refractivity contribution in [3.05, 3.63) is 0 Å². The minimum Gasteiger partial charge on any atom is -0.481 e. The van der Waals surface area contributed by atoms with Crippen molar-refractivity contribution in [2.75, 3.05) is 13.2 Å². The number of aliphatic hydroxyl groups excluding tert-OH is 6. The molecule has 0 rings (SSSR count). The van der Waals surface area contributed by atoms with Crippen molar-refractivity contribution in [2.24, 2.45) is 11.5 Å². The summed E-state index contributed by atoms with van der Waals surface area (Å²) in [6.07, 6.45) is -7.15. The van der Waals surface area contributed by atoms with E-state index < -0.39 is 80.0 Å². The van der Waals surface area contributed by atoms with Gasteiger partial charge in [-0.2, -0.15) is 0 Å². The number of carbonyl (C=O) groups is 4. The van der Waals surface area contributed by atoms with Gasteiger partial charge in [0.1, 0.15) is 36.5 Å². The first kappa shape index (κ1) is 33.2. The van der Waals surface area contributed by atoms with Crippen LogP contribution in [0.4, 0.5) is 0 Å². The second kappa shape index (κ2) is 18.3. The largest absolute Gasteiger partial charge is 0.481 e. The van der Waals surface area contributed by atoms with Gasteiger partial charge in [0.15, 0.2) is 0 Å². The van der Waals surface area contributed by atoms with Gasteiger partial charge in [0.25, 0.3) is 0 Å². The summed E-state index contributed by atoms with van der Waals surface area (Å²) in [7, 11) is 0. The topological polar surface area (TPSA) is 323 Å². The molecule has 6 atom stereocenters. The maximum Gasteiger partial charge on any atom is 0.321 e. The van der Waals surface area contributed by atoms with Crippen LogP contribution in [0.2, 0.25) is 0 Å². The molecule has 0 unspecified atom stereocenters. The van der Waals surface area contributed by atoms with E-state index in [0.717, 1.165) is 0 Å². The fourth-order valence-corrected chi connectivity index (χ4v) is 1.35. The molecule has 16 nitrogen and oxygen atoms in total. The molecule has 0 aliphatic carbocycles. The van der Waals surface area contributed by atoms with Gasteiger partial charge in [-0.25, -0.2) is 0 Å². The number of carboxylic acid groups (broad SMARTS) is 4. The van der Waals surface area contributed by atoms with Gasteiger partial charge in [-0.15, -0.1) is 0 Å². The van der Waals surface area contributed by atoms with E-state index in [4.69, 9.17) is 62.5 Å². The van der Waals surface area contributed by atoms with Crippen molar-refractivity contribution in [3.8, 4) is 0 Å². The molecule has 16 heteroatoms. The molecule has 0 saturated heterocycles. The number of aliphatic hydroxyl groups is 6. The lowest BCUT2D eigenvalue weighted by Crippen LogP contribution is -2.46. The Hall–Kier alpha value is -2.44. The average molecular weight is 462 g/mol. The highest BCUT2D eigenvalue weighted by Gasteiger charge is 2.29. The zero-order chi connectivity index (χ0) is 25.3. The van der Waals surface area contributed by atoms with Gasteiger partial charge >= 0.3 is 23.9 Å². The normalized spacial score (nSPS) is 16.0. The first-order chi connectivity index (χ1) is 14.1. The predicted molar refractivity (Wildman–Crippen MR) is 98.5 cm³/mol. The van der Waals surface area contributed by atoms with Crippen LogP contribution >= 0.6 is 0 Å². The van der Waals surface area contributed by atoms with Crippen LogP contribution in [0, 0.1) is 0 Å². The fourth-order valence-electron chi connectivity index (χ4n) is 1.35. The van der Waals surface area contributed by atoms with Gasteiger partial charge in [-0.1, -0.05) is 0 Å². The van der Waals surface area contributed by atoms with Crippen LogP contribution in [-0.4, -0.2) is 125 Å². The molecule has 184 valence electrons. The monoisotopic (exact) mass is 462 g/mol. The van der Waals surface area contributed by atoms with Gasteiger partial charge in [0.05, 0.1) is 19.6 Å². The minimum absolute atomic E-state index is 0.0231. The molecular weight excluding hydrogens is 432 g/mol. The smallest absolute Gasteiger partial charge is 0.321 e. The van der Waals surface area contributed by atoms with Crippen LogP contribution in [-0.2, 0) is 19.2 Å². The van der Waals surface area contributed by atoms with Crippen LogP contribution in [0.1, 0.15) is 19.3 Å². The lowest BCUT2D eigenvalue weighted by molar-refractivity contribution is -0.144. The Kier molecular flexibility index (Phi) is 19.6. The summed E-state index contributed by atoms with van der Waals surface area (Å²) in [5.41, 5.74) is 9.84. The first-order valence-corrected chi connectivity index (χ1v) is 8.46. The maximum atomic E-state index is 9.99. The summed E-state index contributed by atoms with van der Waals surface area (Å²) < 4.78 is 0. The van der Waals surface area contributed by atoms with Crippen LogP contribution in [0.25, 0.3) is 0 Å². The average Bonchev–Trinajstić information content (AvgIpc) is 2.69. The number of hydrogen-bond acceptors (Lipinski definition) is 12. The van der Waals surface area contributed by atoms with Gasteiger partial charge in [-0.05, 0) is 6.42 Å². The van der Waals surface area contributed by atoms with Crippen molar-refractivity contribution in [2.45, 2.75) is 55.8 Å². The van der Waals surface area contributed by atoms with Crippen molar-refractivity contribution in [3.63, 3.8) is 0 Å². The second-order valence-corrected chi connectivity index (χ2v) is 5.90. The third kappa shape index (κ3) is 19.3. The zero-order valence-electron chi connectivity index (χ0n) is 16.3. The summed E-state index contributed by atoms with van der Waals surface area (Å²) in [6.45, 7) is -1.45. The number of carboxylic acids is 4. The molecule has 0 saturated carbocycles. The third-order valence-electron chi connectivity index (χ3n) is 3.21. The molecule has 0 radical (unpaired) electrons. The molecule has 0 spiro atoms. The summed E-state index contributed by atoms with van der Waals surface area (Å²) >= 11 is 0. The van der Waals surface area contributed by atoms with Crippen LogP contribution < -0.4 is 11.5 Å². The Morgan fingerprint density at radius 2 is 1.00 bits per heavy atom. The minimum atomic E-state index is -1.67. The molecule has 0 aliphatic rings. The third-order valence-corrected chi connectivity index (χ3v) is 3.21. The molecule has 0 bridgehead atoms. The first-order valence-electron chi connectivity index (χ1n) is 8.46. The van der Waals surface area contributed by atoms with E-state index in [9.17, 15) is 19.2 Å². The van der Waals surface area contributed by atoms with E-state index in [1.807, 2.05) is 0 Å². The Bertz CT molecular complexity index is 532. The molecule has 0 heterocycles. The molecule has 31 heavy (non-hydrogen) atoms. The fraction of sp³-hybridized carbons (Fsp3) is 0.733. The van der Waals surface area contributed by atoms with E-state index in [1.54, 1.807) is 0 Å². The summed E-state index contributed by atoms with van der Waals surface area (Å²) in [5, 5.41) is 84.5. The molecule has 0 aromatic rings. The van der Waals surface area contributed by atoms with Crippen molar-refractivity contribution >= 4 is 23.9 Å². The zero-order valence-corrected chi connectivity index (χ0v) is 16.3. The number of aliphatic carboxylic acids is 4. The van der Waals surface area contributed by atoms with Gasteiger partial charge < -0.3 is 62.5 Å². The summed E-state index contributed by atoms with van der Waals surface area (Å²) in [6, 6.07) is -2.35. The van der Waals surface area contributed by atoms with E-state index in [-0.39, 0.29) is 12.8 Å². The van der Waals surface area contributed by atoms with Gasteiger partial charge in [0.2, 0.25) is 0 Å². The Balaban J connectivity index is -0.000000384. The molecule has 14 N–H and O–H groups in total. The van der Waals surface area contributed by atoms with Gasteiger partial charge in [0, 0.05) is 6.42 Å². The van der Waals surface area contributed by atoms with E-state index >= 15 is 0 Å². The Morgan fingerprint density at radius 3 is 1.19 bits per heavy atom. The summed E-state index contributed by atoms with van der Waals surface area (Å²) in [5.74, 6) is -4.69. The maximum absolute atomic E-state index is 9.99. The van der Waals surface area contributed by atoms with Crippen LogP contribution in [0.15, 0.2) is 0 Å². The van der Waals surface area contributed by atoms with Crippen molar-refractivity contribution in [1.82, 2.24) is 0 Å². The Labute approximate surface area is 175 Å². The molecule has 0 aliphatic heterocycles. The highest BCUT2D eigenvalue weighted by molar-refractivity contribution is 5.80. The van der Waals surface area contributed by atoms with Crippen LogP contribution in [0.3, 0.4) is 0 Å². The van der Waals surface area contributed by atoms with E-state index in [1.165, 1.54) is 0 Å². The number of hydrogen-bond donors (Lipinski definition) is 12. The van der Waals surface area contributed by atoms with E-state index in [0.29, 0.717) is 0 Å². The van der Waals surface area contributed by atoms with Crippen molar-refractivity contribution in [1.29, 1.82) is 0 Å². The highest BCUT2D eigenvalue weighted by Crippen LogP contribution is 2.04. The predicted octanol–water partition coefficient (Wildman–Crippen LogP) is -5.45. The number of nitrogens with two attached hydrogens (primary N) is 2. The highest BCUT2D eigenvalue weighted by atomic mass is 16.4. The summed E-state index contributed by atoms with van der Waals surface area (Å²) in [4.78, 5) is 39.5. The second-order valence-electron chi connectivity index (χ2n) is 5.90. The lowest BCUT2D eigenvalue weighted by Gasteiger charge is -2.24. The van der Waals surface area contributed by atoms with Crippen LogP contribution in [0.5, 0.6) is 0 Å². The molecular formula is C15H30N2O14. The standard InChI is InChI=1S/C6H14O6.C5H9NO4.C4H7NO4/c7-1-3(9)5(11)6(12)4(10)2-8;6-3(5(9)10)1-2-4(7)8;5-2(4(8)9)1-3(6)7/h3-12H,1-2H2;3H,1-2,6H2,(H,7,8)(H,9,10);2H,1,5H2,(H,6,7)(H,8,9)/t3-,4+,5-,6-;3-;2-/m100/s1. The van der Waals surface area contributed by atoms with Crippen molar-refractivity contribution < 1.29 is 70.2 Å². The van der Waals surface area contributed by atoms with E-state index in [2.05, 4.69) is 0 Å². The molecule has 0 aromatic heterocycles. The quantitative estimate of drug-likeness (QED) is 0.129. The molecule has 0 amide bonds. The lowest BCUT2D eigenvalue weighted by atomic mass is 10.0.